The first-order chi connectivity index (χ1) is 12.7. The topological polar surface area (TPSA) is 43.3 Å². The number of carbonyl (C=O) groups is 1. The SMILES string of the molecule is CSNCC1CCOc2c1c1ccccc1n2C(=O)c1ccc(Cl)cc1. The predicted molar refractivity (Wildman–Crippen MR) is 107 cm³/mol. The van der Waals surface area contributed by atoms with Crippen LogP contribution in [0.15, 0.2) is 48.5 Å². The second kappa shape index (κ2) is 7.35. The van der Waals surface area contributed by atoms with Crippen LogP contribution >= 0.6 is 23.5 Å². The molecule has 1 aliphatic rings. The highest BCUT2D eigenvalue weighted by Crippen LogP contribution is 2.42. The van der Waals surface area contributed by atoms with Crippen LogP contribution in [-0.2, 0) is 0 Å². The van der Waals surface area contributed by atoms with Gasteiger partial charge in [-0.25, -0.2) is 4.57 Å². The van der Waals surface area contributed by atoms with Crippen molar-refractivity contribution in [2.75, 3.05) is 19.4 Å². The maximum atomic E-state index is 13.2. The number of hydrogen-bond donors (Lipinski definition) is 1. The van der Waals surface area contributed by atoms with Crippen molar-refractivity contribution < 1.29 is 9.53 Å². The fraction of sp³-hybridized carbons (Fsp3) is 0.250. The summed E-state index contributed by atoms with van der Waals surface area (Å²) >= 11 is 7.58. The Balaban J connectivity index is 1.87. The number of aromatic nitrogens is 1. The van der Waals surface area contributed by atoms with Gasteiger partial charge in [0.05, 0.1) is 12.1 Å². The molecular weight excluding hydrogens is 368 g/mol. The number of rotatable bonds is 4. The third kappa shape index (κ3) is 3.00. The van der Waals surface area contributed by atoms with Gasteiger partial charge in [0.25, 0.3) is 5.91 Å². The number of ether oxygens (including phenoxy) is 1. The van der Waals surface area contributed by atoms with E-state index in [1.807, 2.05) is 24.5 Å². The number of fused-ring (bicyclic) bond motifs is 3. The molecule has 4 nitrogen and oxygen atoms in total. The van der Waals surface area contributed by atoms with Crippen LogP contribution in [0.25, 0.3) is 10.9 Å². The van der Waals surface area contributed by atoms with Gasteiger partial charge in [-0.15, -0.1) is 0 Å². The second-order valence-corrected chi connectivity index (χ2v) is 7.40. The van der Waals surface area contributed by atoms with Gasteiger partial charge < -0.3 is 4.74 Å². The number of carbonyl (C=O) groups excluding carboxylic acids is 1. The summed E-state index contributed by atoms with van der Waals surface area (Å²) in [5, 5.41) is 1.69. The summed E-state index contributed by atoms with van der Waals surface area (Å²) in [7, 11) is 0. The van der Waals surface area contributed by atoms with E-state index in [0.717, 1.165) is 29.4 Å². The summed E-state index contributed by atoms with van der Waals surface area (Å²) in [4.78, 5) is 13.2. The highest BCUT2D eigenvalue weighted by molar-refractivity contribution is 7.96. The van der Waals surface area contributed by atoms with Crippen molar-refractivity contribution >= 4 is 40.4 Å². The molecule has 3 aromatic rings. The zero-order valence-electron chi connectivity index (χ0n) is 14.4. The molecule has 6 heteroatoms. The third-order valence-electron chi connectivity index (χ3n) is 4.75. The molecule has 0 bridgehead atoms. The lowest BCUT2D eigenvalue weighted by molar-refractivity contribution is 0.0948. The average molecular weight is 387 g/mol. The molecule has 4 rings (SSSR count). The highest BCUT2D eigenvalue weighted by Gasteiger charge is 2.31. The van der Waals surface area contributed by atoms with Crippen LogP contribution in [0.2, 0.25) is 5.02 Å². The summed E-state index contributed by atoms with van der Waals surface area (Å²) in [6.07, 6.45) is 2.96. The van der Waals surface area contributed by atoms with Crippen LogP contribution < -0.4 is 9.46 Å². The van der Waals surface area contributed by atoms with Gasteiger partial charge in [0.15, 0.2) is 0 Å². The maximum Gasteiger partial charge on any atom is 0.265 e. The van der Waals surface area contributed by atoms with Crippen LogP contribution in [0.5, 0.6) is 5.88 Å². The minimum absolute atomic E-state index is 0.0995. The molecule has 134 valence electrons. The van der Waals surface area contributed by atoms with E-state index >= 15 is 0 Å². The molecule has 0 aliphatic carbocycles. The largest absolute Gasteiger partial charge is 0.478 e. The first-order valence-electron chi connectivity index (χ1n) is 8.53. The molecule has 2 aromatic carbocycles. The van der Waals surface area contributed by atoms with Gasteiger partial charge in [-0.1, -0.05) is 41.7 Å². The van der Waals surface area contributed by atoms with E-state index in [1.54, 1.807) is 40.8 Å². The van der Waals surface area contributed by atoms with E-state index in [-0.39, 0.29) is 5.91 Å². The molecule has 0 amide bonds. The van der Waals surface area contributed by atoms with E-state index in [4.69, 9.17) is 16.3 Å². The number of benzene rings is 2. The van der Waals surface area contributed by atoms with Crippen LogP contribution in [0.4, 0.5) is 0 Å². The zero-order valence-corrected chi connectivity index (χ0v) is 15.9. The van der Waals surface area contributed by atoms with Gasteiger partial charge in [-0.2, -0.15) is 0 Å². The van der Waals surface area contributed by atoms with Gasteiger partial charge in [-0.3, -0.25) is 9.52 Å². The maximum absolute atomic E-state index is 13.2. The summed E-state index contributed by atoms with van der Waals surface area (Å²) in [5.41, 5.74) is 2.59. The van der Waals surface area contributed by atoms with Crippen molar-refractivity contribution in [2.24, 2.45) is 0 Å². The molecule has 0 saturated heterocycles. The number of para-hydroxylation sites is 1. The minimum Gasteiger partial charge on any atom is -0.478 e. The first kappa shape index (κ1) is 17.5. The Bertz CT molecular complexity index is 952. The summed E-state index contributed by atoms with van der Waals surface area (Å²) in [6.45, 7) is 1.46. The highest BCUT2D eigenvalue weighted by atomic mass is 35.5. The van der Waals surface area contributed by atoms with Crippen molar-refractivity contribution in [3.63, 3.8) is 0 Å². The van der Waals surface area contributed by atoms with Crippen molar-refractivity contribution in [3.8, 4) is 5.88 Å². The average Bonchev–Trinajstić information content (AvgIpc) is 3.01. The standard InChI is InChI=1S/C20H19ClN2O2S/c1-26-22-12-14-10-11-25-20-18(14)16-4-2-3-5-17(16)23(20)19(24)13-6-8-15(21)9-7-13/h2-9,14,22H,10-12H2,1H3. The lowest BCUT2D eigenvalue weighted by atomic mass is 9.94. The van der Waals surface area contributed by atoms with Gasteiger partial charge in [0.2, 0.25) is 5.88 Å². The van der Waals surface area contributed by atoms with Crippen molar-refractivity contribution in [1.29, 1.82) is 0 Å². The predicted octanol–water partition coefficient (Wildman–Crippen LogP) is 4.72. The van der Waals surface area contributed by atoms with Gasteiger partial charge in [-0.05, 0) is 43.0 Å². The molecule has 26 heavy (non-hydrogen) atoms. The van der Waals surface area contributed by atoms with E-state index < -0.39 is 0 Å². The second-order valence-electron chi connectivity index (χ2n) is 6.27. The monoisotopic (exact) mass is 386 g/mol. The van der Waals surface area contributed by atoms with Gasteiger partial charge >= 0.3 is 0 Å². The van der Waals surface area contributed by atoms with Crippen LogP contribution in [0, 0.1) is 0 Å². The van der Waals surface area contributed by atoms with Crippen molar-refractivity contribution in [1.82, 2.24) is 9.29 Å². The Morgan fingerprint density at radius 1 is 1.27 bits per heavy atom. The Hall–Kier alpha value is -1.95. The number of halogens is 1. The van der Waals surface area contributed by atoms with E-state index in [2.05, 4.69) is 10.8 Å². The number of nitrogens with zero attached hydrogens (tertiary/aromatic N) is 1. The molecule has 0 spiro atoms. The van der Waals surface area contributed by atoms with E-state index in [0.29, 0.717) is 29.0 Å². The molecule has 1 aliphatic heterocycles. The van der Waals surface area contributed by atoms with Crippen LogP contribution in [0.3, 0.4) is 0 Å². The quantitative estimate of drug-likeness (QED) is 0.659. The Morgan fingerprint density at radius 2 is 2.04 bits per heavy atom. The van der Waals surface area contributed by atoms with Gasteiger partial charge in [0.1, 0.15) is 0 Å². The molecule has 0 radical (unpaired) electrons. The molecule has 1 N–H and O–H groups in total. The van der Waals surface area contributed by atoms with Crippen molar-refractivity contribution in [3.05, 3.63) is 64.7 Å². The van der Waals surface area contributed by atoms with Gasteiger partial charge in [0, 0.05) is 34.0 Å². The molecule has 0 fully saturated rings. The number of nitrogens with one attached hydrogen (secondary N) is 1. The molecule has 0 saturated carbocycles. The summed E-state index contributed by atoms with van der Waals surface area (Å²) in [5.74, 6) is 0.887. The molecular formula is C20H19ClN2O2S. The fourth-order valence-corrected chi connectivity index (χ4v) is 4.03. The van der Waals surface area contributed by atoms with E-state index in [1.165, 1.54) is 0 Å². The molecule has 1 unspecified atom stereocenters. The van der Waals surface area contributed by atoms with Crippen molar-refractivity contribution in [2.45, 2.75) is 12.3 Å². The summed E-state index contributed by atoms with van der Waals surface area (Å²) < 4.78 is 11.1. The lowest BCUT2D eigenvalue weighted by Gasteiger charge is -2.24. The molecule has 1 atom stereocenters. The lowest BCUT2D eigenvalue weighted by Crippen LogP contribution is -2.24. The normalized spacial score (nSPS) is 16.3. The molecule has 2 heterocycles. The Labute approximate surface area is 161 Å². The van der Waals surface area contributed by atoms with E-state index in [9.17, 15) is 4.79 Å². The minimum atomic E-state index is -0.0995. The third-order valence-corrected chi connectivity index (χ3v) is 5.46. The fourth-order valence-electron chi connectivity index (χ4n) is 3.53. The first-order valence-corrected chi connectivity index (χ1v) is 10.1. The zero-order chi connectivity index (χ0) is 18.1. The Morgan fingerprint density at radius 3 is 2.81 bits per heavy atom. The van der Waals surface area contributed by atoms with Crippen LogP contribution in [-0.4, -0.2) is 29.9 Å². The number of hydrogen-bond acceptors (Lipinski definition) is 4. The van der Waals surface area contributed by atoms with Crippen LogP contribution in [0.1, 0.15) is 28.3 Å². The molecule has 1 aromatic heterocycles. The Kier molecular flexibility index (Phi) is 4.94. The summed E-state index contributed by atoms with van der Waals surface area (Å²) in [6, 6.07) is 15.0. The smallest absolute Gasteiger partial charge is 0.265 e.